The van der Waals surface area contributed by atoms with Crippen molar-refractivity contribution in [3.05, 3.63) is 22.3 Å². The Morgan fingerprint density at radius 3 is 2.43 bits per heavy atom. The van der Waals surface area contributed by atoms with Gasteiger partial charge in [-0.05, 0) is 50.2 Å². The van der Waals surface area contributed by atoms with E-state index >= 15 is 0 Å². The van der Waals surface area contributed by atoms with Gasteiger partial charge in [0.05, 0.1) is 12.5 Å². The fraction of sp³-hybridized carbons (Fsp3) is 0.706. The second kappa shape index (κ2) is 7.76. The highest BCUT2D eigenvalue weighted by molar-refractivity contribution is 5.70. The Bertz CT molecular complexity index is 451. The molecule has 0 amide bonds. The van der Waals surface area contributed by atoms with Crippen LogP contribution in [0, 0.1) is 17.8 Å². The number of rotatable bonds is 6. The van der Waals surface area contributed by atoms with Crippen LogP contribution < -0.4 is 5.32 Å². The summed E-state index contributed by atoms with van der Waals surface area (Å²) in [4.78, 5) is 10.9. The molecular weight excluding hydrogens is 266 g/mol. The summed E-state index contributed by atoms with van der Waals surface area (Å²) in [6.07, 6.45) is 1.03. The van der Waals surface area contributed by atoms with Crippen molar-refractivity contribution in [1.82, 2.24) is 5.32 Å². The van der Waals surface area contributed by atoms with Crippen molar-refractivity contribution in [2.24, 2.45) is 17.8 Å². The van der Waals surface area contributed by atoms with Crippen LogP contribution in [0.5, 0.6) is 0 Å². The standard InChI is InChI=1S/C17H29NO3/c1-10-6-15(7-18-8-16(9-19)17(20)21)14(5)13(4)12(3)11(10)2/h10-11,16,18-19H,6-9H2,1-5H3,(H,20,21). The number of hydrogen-bond acceptors (Lipinski definition) is 3. The molecule has 3 N–H and O–H groups in total. The van der Waals surface area contributed by atoms with Crippen molar-refractivity contribution in [3.8, 4) is 0 Å². The van der Waals surface area contributed by atoms with Gasteiger partial charge in [-0.15, -0.1) is 0 Å². The maximum Gasteiger partial charge on any atom is 0.310 e. The Labute approximate surface area is 127 Å². The topological polar surface area (TPSA) is 69.6 Å². The summed E-state index contributed by atoms with van der Waals surface area (Å²) in [7, 11) is 0. The summed E-state index contributed by atoms with van der Waals surface area (Å²) in [5, 5.41) is 21.2. The molecule has 4 nitrogen and oxygen atoms in total. The molecule has 0 spiro atoms. The van der Waals surface area contributed by atoms with Gasteiger partial charge >= 0.3 is 5.97 Å². The maximum absolute atomic E-state index is 10.9. The lowest BCUT2D eigenvalue weighted by Gasteiger charge is -2.20. The summed E-state index contributed by atoms with van der Waals surface area (Å²) >= 11 is 0. The minimum atomic E-state index is -0.953. The third-order valence-electron chi connectivity index (χ3n) is 5.09. The molecule has 0 bridgehead atoms. The molecule has 1 aliphatic carbocycles. The second-order valence-corrected chi connectivity index (χ2v) is 6.36. The fourth-order valence-corrected chi connectivity index (χ4v) is 2.88. The Morgan fingerprint density at radius 2 is 1.90 bits per heavy atom. The first-order valence-electron chi connectivity index (χ1n) is 7.70. The molecular formula is C17H29NO3. The van der Waals surface area contributed by atoms with Gasteiger partial charge in [-0.1, -0.05) is 25.0 Å². The van der Waals surface area contributed by atoms with Crippen LogP contribution in [0.1, 0.15) is 41.0 Å². The van der Waals surface area contributed by atoms with Crippen LogP contribution in [0.4, 0.5) is 0 Å². The Kier molecular flexibility index (Phi) is 6.62. The predicted molar refractivity (Wildman–Crippen MR) is 85.1 cm³/mol. The van der Waals surface area contributed by atoms with Crippen molar-refractivity contribution in [3.63, 3.8) is 0 Å². The molecule has 120 valence electrons. The molecule has 0 radical (unpaired) electrons. The molecule has 0 aromatic rings. The lowest BCUT2D eigenvalue weighted by molar-refractivity contribution is -0.142. The van der Waals surface area contributed by atoms with E-state index in [4.69, 9.17) is 10.2 Å². The zero-order valence-corrected chi connectivity index (χ0v) is 13.9. The minimum absolute atomic E-state index is 0.300. The van der Waals surface area contributed by atoms with Crippen molar-refractivity contribution in [2.45, 2.75) is 41.0 Å². The van der Waals surface area contributed by atoms with Crippen LogP contribution in [0.3, 0.4) is 0 Å². The van der Waals surface area contributed by atoms with Gasteiger partial charge in [0, 0.05) is 13.1 Å². The third kappa shape index (κ3) is 4.42. The molecule has 21 heavy (non-hydrogen) atoms. The highest BCUT2D eigenvalue weighted by Crippen LogP contribution is 2.35. The summed E-state index contributed by atoms with van der Waals surface area (Å²) in [6.45, 7) is 11.8. The number of hydrogen-bond donors (Lipinski definition) is 3. The van der Waals surface area contributed by atoms with Crippen LogP contribution >= 0.6 is 0 Å². The van der Waals surface area contributed by atoms with E-state index < -0.39 is 11.9 Å². The van der Waals surface area contributed by atoms with Crippen LogP contribution in [0.25, 0.3) is 0 Å². The van der Waals surface area contributed by atoms with Gasteiger partial charge < -0.3 is 15.5 Å². The first-order valence-corrected chi connectivity index (χ1v) is 7.70. The number of carboxylic acids is 1. The molecule has 3 unspecified atom stereocenters. The first kappa shape index (κ1) is 17.9. The monoisotopic (exact) mass is 295 g/mol. The van der Waals surface area contributed by atoms with E-state index in [1.54, 1.807) is 0 Å². The molecule has 0 aliphatic heterocycles. The summed E-state index contributed by atoms with van der Waals surface area (Å²) in [6, 6.07) is 0. The van der Waals surface area contributed by atoms with Crippen molar-refractivity contribution in [1.29, 1.82) is 0 Å². The number of aliphatic hydroxyl groups excluding tert-OH is 1. The Morgan fingerprint density at radius 1 is 1.29 bits per heavy atom. The van der Waals surface area contributed by atoms with Gasteiger partial charge in [0.1, 0.15) is 0 Å². The average molecular weight is 295 g/mol. The zero-order chi connectivity index (χ0) is 16.2. The van der Waals surface area contributed by atoms with Gasteiger partial charge in [0.25, 0.3) is 0 Å². The van der Waals surface area contributed by atoms with Crippen LogP contribution in [-0.2, 0) is 4.79 Å². The van der Waals surface area contributed by atoms with Crippen molar-refractivity contribution in [2.75, 3.05) is 19.7 Å². The maximum atomic E-state index is 10.9. The molecule has 1 aliphatic rings. The molecule has 0 saturated heterocycles. The lowest BCUT2D eigenvalue weighted by atomic mass is 9.86. The van der Waals surface area contributed by atoms with Crippen molar-refractivity contribution < 1.29 is 15.0 Å². The van der Waals surface area contributed by atoms with E-state index in [2.05, 4.69) is 39.9 Å². The second-order valence-electron chi connectivity index (χ2n) is 6.36. The minimum Gasteiger partial charge on any atom is -0.481 e. The van der Waals surface area contributed by atoms with Gasteiger partial charge in [-0.25, -0.2) is 0 Å². The van der Waals surface area contributed by atoms with E-state index in [-0.39, 0.29) is 6.61 Å². The van der Waals surface area contributed by atoms with E-state index in [1.165, 1.54) is 22.3 Å². The van der Waals surface area contributed by atoms with Gasteiger partial charge in [0.15, 0.2) is 0 Å². The normalized spacial score (nSPS) is 25.0. The molecule has 3 atom stereocenters. The highest BCUT2D eigenvalue weighted by atomic mass is 16.4. The summed E-state index contributed by atoms with van der Waals surface area (Å²) < 4.78 is 0. The fourth-order valence-electron chi connectivity index (χ4n) is 2.88. The SMILES string of the molecule is CC1=C(CNCC(CO)C(=O)O)CC(C)C(C)C(C)=C1C. The van der Waals surface area contributed by atoms with Crippen LogP contribution in [0.2, 0.25) is 0 Å². The van der Waals surface area contributed by atoms with Crippen LogP contribution in [-0.4, -0.2) is 35.9 Å². The number of carboxylic acid groups (broad SMARTS) is 1. The molecule has 4 heteroatoms. The molecule has 0 fully saturated rings. The number of nitrogens with one attached hydrogen (secondary N) is 1. The largest absolute Gasteiger partial charge is 0.481 e. The Hall–Kier alpha value is -1.13. The third-order valence-corrected chi connectivity index (χ3v) is 5.09. The van der Waals surface area contributed by atoms with E-state index in [1.807, 2.05) is 0 Å². The van der Waals surface area contributed by atoms with E-state index in [0.717, 1.165) is 6.42 Å². The number of allylic oxidation sites excluding steroid dienone is 3. The average Bonchev–Trinajstić information content (AvgIpc) is 2.51. The first-order chi connectivity index (χ1) is 9.79. The molecule has 1 rings (SSSR count). The molecule has 0 aromatic heterocycles. The van der Waals surface area contributed by atoms with E-state index in [9.17, 15) is 4.79 Å². The van der Waals surface area contributed by atoms with Gasteiger partial charge in [-0.2, -0.15) is 0 Å². The number of carbonyl (C=O) groups is 1. The van der Waals surface area contributed by atoms with E-state index in [0.29, 0.717) is 24.9 Å². The smallest absolute Gasteiger partial charge is 0.310 e. The zero-order valence-electron chi connectivity index (χ0n) is 13.9. The highest BCUT2D eigenvalue weighted by Gasteiger charge is 2.23. The Balaban J connectivity index is 2.76. The quantitative estimate of drug-likeness (QED) is 0.704. The van der Waals surface area contributed by atoms with Crippen LogP contribution in [0.15, 0.2) is 22.3 Å². The number of aliphatic hydroxyl groups is 1. The number of aliphatic carboxylic acids is 1. The van der Waals surface area contributed by atoms with Gasteiger partial charge in [-0.3, -0.25) is 4.79 Å². The van der Waals surface area contributed by atoms with Gasteiger partial charge in [0.2, 0.25) is 0 Å². The molecule has 0 aromatic carbocycles. The predicted octanol–water partition coefficient (Wildman–Crippen LogP) is 2.60. The lowest BCUT2D eigenvalue weighted by Crippen LogP contribution is -2.32. The summed E-state index contributed by atoms with van der Waals surface area (Å²) in [5.74, 6) is -0.527. The molecule has 0 saturated carbocycles. The molecule has 0 heterocycles. The van der Waals surface area contributed by atoms with Crippen molar-refractivity contribution >= 4 is 5.97 Å². The summed E-state index contributed by atoms with van der Waals surface area (Å²) in [5.41, 5.74) is 5.49.